The van der Waals surface area contributed by atoms with Gasteiger partial charge in [-0.3, -0.25) is 5.10 Å². The summed E-state index contributed by atoms with van der Waals surface area (Å²) in [5.74, 6) is 0.715. The van der Waals surface area contributed by atoms with Gasteiger partial charge in [0, 0.05) is 10.9 Å². The summed E-state index contributed by atoms with van der Waals surface area (Å²) in [6.07, 6.45) is 1.49. The van der Waals surface area contributed by atoms with E-state index in [2.05, 4.69) is 20.2 Å². The van der Waals surface area contributed by atoms with Crippen molar-refractivity contribution in [1.82, 2.24) is 20.2 Å². The minimum atomic E-state index is 0. The van der Waals surface area contributed by atoms with E-state index in [4.69, 9.17) is 0 Å². The van der Waals surface area contributed by atoms with Gasteiger partial charge in [0.05, 0.1) is 5.69 Å². The number of halogens is 1. The summed E-state index contributed by atoms with van der Waals surface area (Å²) in [4.78, 5) is 8.58. The number of rotatable bonds is 2. The van der Waals surface area contributed by atoms with E-state index in [1.807, 2.05) is 35.7 Å². The predicted molar refractivity (Wildman–Crippen MR) is 73.2 cm³/mol. The first-order valence-electron chi connectivity index (χ1n) is 4.80. The molecule has 0 aliphatic carbocycles. The third kappa shape index (κ3) is 2.42. The molecule has 0 bridgehead atoms. The Hall–Kier alpha value is -1.53. The SMILES string of the molecule is Br.c1ccc(-c2csc(-c3ncn[nH]3)n2)cc1. The lowest BCUT2D eigenvalue weighted by molar-refractivity contribution is 1.09. The van der Waals surface area contributed by atoms with Gasteiger partial charge in [-0.05, 0) is 0 Å². The number of nitrogens with zero attached hydrogens (tertiary/aromatic N) is 3. The Kier molecular flexibility index (Phi) is 3.65. The van der Waals surface area contributed by atoms with Gasteiger partial charge in [0.1, 0.15) is 6.33 Å². The molecule has 2 heterocycles. The fourth-order valence-corrected chi connectivity index (χ4v) is 2.21. The standard InChI is InChI=1S/C11H8N4S.BrH/c1-2-4-8(5-3-1)9-6-16-11(14-9)10-12-7-13-15-10;/h1-7H,(H,12,13,15);1H. The second kappa shape index (κ2) is 5.20. The first kappa shape index (κ1) is 11.9. The zero-order chi connectivity index (χ0) is 10.8. The zero-order valence-electron chi connectivity index (χ0n) is 8.70. The minimum Gasteiger partial charge on any atom is -0.257 e. The van der Waals surface area contributed by atoms with Crippen LogP contribution in [0.25, 0.3) is 22.1 Å². The lowest BCUT2D eigenvalue weighted by Crippen LogP contribution is -1.80. The smallest absolute Gasteiger partial charge is 0.184 e. The van der Waals surface area contributed by atoms with Gasteiger partial charge in [-0.2, -0.15) is 5.10 Å². The second-order valence-electron chi connectivity index (χ2n) is 3.24. The Morgan fingerprint density at radius 3 is 2.65 bits per heavy atom. The third-order valence-electron chi connectivity index (χ3n) is 2.19. The van der Waals surface area contributed by atoms with Gasteiger partial charge in [-0.1, -0.05) is 30.3 Å². The molecule has 1 N–H and O–H groups in total. The van der Waals surface area contributed by atoms with Crippen molar-refractivity contribution >= 4 is 28.3 Å². The first-order valence-corrected chi connectivity index (χ1v) is 5.68. The van der Waals surface area contributed by atoms with E-state index in [-0.39, 0.29) is 17.0 Å². The average Bonchev–Trinajstić information content (AvgIpc) is 3.01. The molecule has 0 fully saturated rings. The zero-order valence-corrected chi connectivity index (χ0v) is 11.2. The topological polar surface area (TPSA) is 54.5 Å². The molecule has 0 saturated carbocycles. The van der Waals surface area contributed by atoms with Gasteiger partial charge < -0.3 is 0 Å². The van der Waals surface area contributed by atoms with Gasteiger partial charge in [0.2, 0.25) is 0 Å². The minimum absolute atomic E-state index is 0. The Morgan fingerprint density at radius 2 is 1.94 bits per heavy atom. The van der Waals surface area contributed by atoms with Gasteiger partial charge >= 0.3 is 0 Å². The highest BCUT2D eigenvalue weighted by atomic mass is 79.9. The fourth-order valence-electron chi connectivity index (χ4n) is 1.43. The molecule has 3 rings (SSSR count). The van der Waals surface area contributed by atoms with Crippen molar-refractivity contribution in [3.05, 3.63) is 42.0 Å². The van der Waals surface area contributed by atoms with Crippen LogP contribution in [0.5, 0.6) is 0 Å². The predicted octanol–water partition coefficient (Wildman–Crippen LogP) is 3.17. The van der Waals surface area contributed by atoms with E-state index < -0.39 is 0 Å². The van der Waals surface area contributed by atoms with Crippen molar-refractivity contribution in [2.75, 3.05) is 0 Å². The van der Waals surface area contributed by atoms with Gasteiger partial charge in [0.15, 0.2) is 10.8 Å². The number of hydrogen-bond donors (Lipinski definition) is 1. The van der Waals surface area contributed by atoms with Crippen molar-refractivity contribution in [2.24, 2.45) is 0 Å². The normalized spacial score (nSPS) is 9.88. The Morgan fingerprint density at radius 1 is 1.12 bits per heavy atom. The maximum atomic E-state index is 4.51. The number of aromatic nitrogens is 4. The van der Waals surface area contributed by atoms with Crippen LogP contribution in [0.2, 0.25) is 0 Å². The molecule has 1 aromatic carbocycles. The Labute approximate surface area is 113 Å². The van der Waals surface area contributed by atoms with Crippen LogP contribution in [0.3, 0.4) is 0 Å². The van der Waals surface area contributed by atoms with Gasteiger partial charge in [0.25, 0.3) is 0 Å². The van der Waals surface area contributed by atoms with E-state index >= 15 is 0 Å². The van der Waals surface area contributed by atoms with Crippen molar-refractivity contribution < 1.29 is 0 Å². The Bertz CT molecular complexity index is 577. The van der Waals surface area contributed by atoms with Gasteiger partial charge in [-0.25, -0.2) is 9.97 Å². The molecule has 0 amide bonds. The molecule has 6 heteroatoms. The van der Waals surface area contributed by atoms with E-state index in [0.717, 1.165) is 16.3 Å². The molecule has 0 aliphatic heterocycles. The molecule has 17 heavy (non-hydrogen) atoms. The van der Waals surface area contributed by atoms with Crippen molar-refractivity contribution in [3.63, 3.8) is 0 Å². The molecule has 0 saturated heterocycles. The van der Waals surface area contributed by atoms with Crippen LogP contribution in [0.15, 0.2) is 42.0 Å². The molecule has 0 unspecified atom stereocenters. The van der Waals surface area contributed by atoms with Crippen molar-refractivity contribution in [3.8, 4) is 22.1 Å². The average molecular weight is 309 g/mol. The first-order chi connectivity index (χ1) is 7.93. The van der Waals surface area contributed by atoms with E-state index in [9.17, 15) is 0 Å². The summed E-state index contributed by atoms with van der Waals surface area (Å²) >= 11 is 1.56. The molecule has 0 spiro atoms. The number of benzene rings is 1. The molecule has 0 radical (unpaired) electrons. The van der Waals surface area contributed by atoms with Crippen LogP contribution in [-0.2, 0) is 0 Å². The van der Waals surface area contributed by atoms with Crippen LogP contribution < -0.4 is 0 Å². The highest BCUT2D eigenvalue weighted by Crippen LogP contribution is 2.26. The number of H-pyrrole nitrogens is 1. The summed E-state index contributed by atoms with van der Waals surface area (Å²) in [6.45, 7) is 0. The lowest BCUT2D eigenvalue weighted by atomic mass is 10.2. The second-order valence-corrected chi connectivity index (χ2v) is 4.10. The van der Waals surface area contributed by atoms with E-state index in [1.54, 1.807) is 11.3 Å². The quantitative estimate of drug-likeness (QED) is 0.791. The summed E-state index contributed by atoms with van der Waals surface area (Å²) in [5, 5.41) is 9.49. The lowest BCUT2D eigenvalue weighted by Gasteiger charge is -1.93. The molecule has 3 aromatic rings. The van der Waals surface area contributed by atoms with Crippen LogP contribution in [-0.4, -0.2) is 20.2 Å². The van der Waals surface area contributed by atoms with Gasteiger partial charge in [-0.15, -0.1) is 28.3 Å². The van der Waals surface area contributed by atoms with E-state index in [1.165, 1.54) is 6.33 Å². The monoisotopic (exact) mass is 308 g/mol. The number of aromatic amines is 1. The fraction of sp³-hybridized carbons (Fsp3) is 0. The summed E-state index contributed by atoms with van der Waals surface area (Å²) < 4.78 is 0. The Balaban J connectivity index is 0.00000108. The molecular formula is C11H9BrN4S. The third-order valence-corrected chi connectivity index (χ3v) is 3.04. The summed E-state index contributed by atoms with van der Waals surface area (Å²) in [5.41, 5.74) is 2.08. The molecule has 0 atom stereocenters. The van der Waals surface area contributed by atoms with Crippen molar-refractivity contribution in [2.45, 2.75) is 0 Å². The van der Waals surface area contributed by atoms with E-state index in [0.29, 0.717) is 5.82 Å². The summed E-state index contributed by atoms with van der Waals surface area (Å²) in [7, 11) is 0. The van der Waals surface area contributed by atoms with Crippen LogP contribution >= 0.6 is 28.3 Å². The van der Waals surface area contributed by atoms with Crippen LogP contribution in [0.1, 0.15) is 0 Å². The number of hydrogen-bond acceptors (Lipinski definition) is 4. The maximum absolute atomic E-state index is 4.51. The van der Waals surface area contributed by atoms with Crippen LogP contribution in [0, 0.1) is 0 Å². The largest absolute Gasteiger partial charge is 0.257 e. The van der Waals surface area contributed by atoms with Crippen LogP contribution in [0.4, 0.5) is 0 Å². The van der Waals surface area contributed by atoms with Crippen molar-refractivity contribution in [1.29, 1.82) is 0 Å². The highest BCUT2D eigenvalue weighted by Gasteiger charge is 2.07. The number of thiazole rings is 1. The molecule has 86 valence electrons. The molecule has 0 aliphatic rings. The molecule has 2 aromatic heterocycles. The summed E-state index contributed by atoms with van der Waals surface area (Å²) in [6, 6.07) is 10.1. The molecular weight excluding hydrogens is 300 g/mol. The highest BCUT2D eigenvalue weighted by molar-refractivity contribution is 8.93. The molecule has 4 nitrogen and oxygen atoms in total. The number of nitrogens with one attached hydrogen (secondary N) is 1. The maximum Gasteiger partial charge on any atom is 0.184 e.